The van der Waals surface area contributed by atoms with Crippen molar-refractivity contribution in [3.63, 3.8) is 0 Å². The van der Waals surface area contributed by atoms with Crippen LogP contribution in [0, 0.1) is 23.3 Å². The number of halogens is 4. The molecule has 4 heterocycles. The standard InChI is InChI=1S/C56H78F4N8O16/c1-3-11-68(83-4-2)56(72)40-34-41-38-62-47(37-46(41)66-48(61)35-40)55(71)65-43-5-6-49(63-39-43)67-12-7-42(8-13-67)64-50(69)9-14-73-16-18-75-20-22-77-24-26-79-28-30-81-32-33-82-31-29-80-27-25-78-23-21-76-19-17-74-15-10-51(70)84-54-52(59)44(57)36-45(58)53(54)60/h5-6,34,36-39,42H,3-4,7-33,35H2,1-2H3,(H2,61,66)(H,64,69)(H,65,71). The normalized spacial score (nSPS) is 13.5. The average molecular weight is 1200 g/mol. The highest BCUT2D eigenvalue weighted by atomic mass is 19.2. The summed E-state index contributed by atoms with van der Waals surface area (Å²) in [6, 6.07) is 5.20. The van der Waals surface area contributed by atoms with Gasteiger partial charge in [-0.15, -0.1) is 0 Å². The second kappa shape index (κ2) is 40.1. The molecule has 2 aromatic heterocycles. The first kappa shape index (κ1) is 68.5. The molecular weight excluding hydrogens is 1120 g/mol. The van der Waals surface area contributed by atoms with Crippen LogP contribution in [-0.2, 0) is 66.6 Å². The smallest absolute Gasteiger partial charge is 0.313 e. The van der Waals surface area contributed by atoms with Gasteiger partial charge in [0.15, 0.2) is 11.6 Å². The van der Waals surface area contributed by atoms with Gasteiger partial charge in [-0.1, -0.05) is 6.92 Å². The number of esters is 1. The first-order chi connectivity index (χ1) is 40.9. The molecule has 0 saturated carbocycles. The predicted octanol–water partition coefficient (Wildman–Crippen LogP) is 4.89. The van der Waals surface area contributed by atoms with Crippen molar-refractivity contribution in [2.75, 3.05) is 169 Å². The van der Waals surface area contributed by atoms with Crippen LogP contribution in [0.1, 0.15) is 68.4 Å². The number of fused-ring (bicyclic) bond motifs is 1. The highest BCUT2D eigenvalue weighted by Gasteiger charge is 2.26. The van der Waals surface area contributed by atoms with Crippen LogP contribution in [-0.4, -0.2) is 209 Å². The zero-order chi connectivity index (χ0) is 60.2. The van der Waals surface area contributed by atoms with E-state index in [2.05, 4.69) is 35.2 Å². The van der Waals surface area contributed by atoms with Crippen LogP contribution in [0.25, 0.3) is 6.08 Å². The number of nitrogens with one attached hydrogen (secondary N) is 2. The van der Waals surface area contributed by atoms with Crippen molar-refractivity contribution in [3.8, 4) is 5.75 Å². The first-order valence-electron chi connectivity index (χ1n) is 28.0. The van der Waals surface area contributed by atoms with Crippen LogP contribution in [0.4, 0.5) is 34.8 Å². The number of rotatable bonds is 43. The number of aliphatic imine (C=N–C) groups is 1. The molecule has 28 heteroatoms. The Kier molecular flexibility index (Phi) is 32.7. The molecule has 5 rings (SSSR count). The fourth-order valence-corrected chi connectivity index (χ4v) is 7.90. The maximum atomic E-state index is 13.6. The van der Waals surface area contributed by atoms with Gasteiger partial charge in [0.05, 0.1) is 163 Å². The predicted molar refractivity (Wildman–Crippen MR) is 297 cm³/mol. The van der Waals surface area contributed by atoms with E-state index in [1.54, 1.807) is 18.3 Å². The number of pyridine rings is 2. The molecule has 0 radical (unpaired) electrons. The van der Waals surface area contributed by atoms with Gasteiger partial charge in [-0.25, -0.2) is 23.8 Å². The molecule has 1 aromatic carbocycles. The summed E-state index contributed by atoms with van der Waals surface area (Å²) in [5.74, 6) is -9.38. The molecule has 24 nitrogen and oxygen atoms in total. The summed E-state index contributed by atoms with van der Waals surface area (Å²) in [4.78, 5) is 71.8. The minimum Gasteiger partial charge on any atom is -0.420 e. The van der Waals surface area contributed by atoms with Gasteiger partial charge in [0.2, 0.25) is 23.3 Å². The number of anilines is 2. The number of nitrogens with two attached hydrogens (primary N) is 1. The van der Waals surface area contributed by atoms with Crippen LogP contribution in [0.15, 0.2) is 47.2 Å². The molecule has 1 saturated heterocycles. The number of carbonyl (C=O) groups excluding carboxylic acids is 4. The number of amides is 3. The van der Waals surface area contributed by atoms with Gasteiger partial charge < -0.3 is 73.4 Å². The molecule has 0 bridgehead atoms. The van der Waals surface area contributed by atoms with E-state index in [9.17, 15) is 36.7 Å². The van der Waals surface area contributed by atoms with Crippen LogP contribution < -0.4 is 26.0 Å². The molecular formula is C56H78F4N8O16. The van der Waals surface area contributed by atoms with Gasteiger partial charge in [0.25, 0.3) is 11.8 Å². The van der Waals surface area contributed by atoms with E-state index in [-0.39, 0.29) is 81.3 Å². The first-order valence-corrected chi connectivity index (χ1v) is 28.0. The quantitative estimate of drug-likeness (QED) is 0.0170. The van der Waals surface area contributed by atoms with Crippen molar-refractivity contribution in [3.05, 3.63) is 76.8 Å². The molecule has 0 aliphatic carbocycles. The lowest BCUT2D eigenvalue weighted by Crippen LogP contribution is -2.45. The maximum absolute atomic E-state index is 13.6. The van der Waals surface area contributed by atoms with Gasteiger partial charge in [0, 0.05) is 61.9 Å². The third-order valence-electron chi connectivity index (χ3n) is 12.1. The lowest BCUT2D eigenvalue weighted by atomic mass is 10.0. The van der Waals surface area contributed by atoms with Crippen molar-refractivity contribution in [1.29, 1.82) is 0 Å². The number of amidine groups is 1. The van der Waals surface area contributed by atoms with Crippen LogP contribution in [0.5, 0.6) is 5.75 Å². The Morgan fingerprint density at radius 2 is 1.15 bits per heavy atom. The summed E-state index contributed by atoms with van der Waals surface area (Å²) in [6.45, 7) is 12.5. The molecule has 2 aliphatic heterocycles. The summed E-state index contributed by atoms with van der Waals surface area (Å²) in [6.07, 6.45) is 6.95. The average Bonchev–Trinajstić information content (AvgIpc) is 3.80. The second-order valence-electron chi connectivity index (χ2n) is 18.5. The number of hydrogen-bond acceptors (Lipinski definition) is 21. The molecule has 466 valence electrons. The van der Waals surface area contributed by atoms with Crippen molar-refractivity contribution in [2.45, 2.75) is 58.4 Å². The van der Waals surface area contributed by atoms with E-state index in [1.165, 1.54) is 17.3 Å². The SMILES string of the molecule is CCCN(OCC)C(=O)C1=Cc2cnc(C(=O)Nc3ccc(N4CCC(NC(=O)CCOCCOCCOCCOCCOCCOCCOCCOCCOCCOCCC(=O)Oc5c(F)c(F)cc(F)c5F)CC4)nc3)cc2N=C(N)C1. The second-order valence-corrected chi connectivity index (χ2v) is 18.5. The minimum atomic E-state index is -1.80. The minimum absolute atomic E-state index is 0.0134. The molecule has 1 fully saturated rings. The third kappa shape index (κ3) is 25.9. The molecule has 2 aliphatic rings. The summed E-state index contributed by atoms with van der Waals surface area (Å²) < 4.78 is 113. The monoisotopic (exact) mass is 1190 g/mol. The largest absolute Gasteiger partial charge is 0.420 e. The zero-order valence-corrected chi connectivity index (χ0v) is 47.7. The Labute approximate surface area is 485 Å². The van der Waals surface area contributed by atoms with Crippen LogP contribution in [0.3, 0.4) is 0 Å². The Balaban J connectivity index is 0.744. The van der Waals surface area contributed by atoms with Gasteiger partial charge in [0.1, 0.15) is 17.3 Å². The number of benzene rings is 1. The number of hydroxylamine groups is 2. The highest BCUT2D eigenvalue weighted by molar-refractivity contribution is 6.06. The summed E-state index contributed by atoms with van der Waals surface area (Å²) in [5, 5.41) is 7.26. The summed E-state index contributed by atoms with van der Waals surface area (Å²) >= 11 is 0. The Hall–Kier alpha value is -6.31. The van der Waals surface area contributed by atoms with E-state index in [0.29, 0.717) is 148 Å². The lowest BCUT2D eigenvalue weighted by molar-refractivity contribution is -0.180. The van der Waals surface area contributed by atoms with Gasteiger partial charge in [-0.05, 0) is 50.5 Å². The van der Waals surface area contributed by atoms with E-state index < -0.39 is 47.3 Å². The van der Waals surface area contributed by atoms with Crippen LogP contribution >= 0.6 is 0 Å². The topological polar surface area (TPSA) is 274 Å². The van der Waals surface area contributed by atoms with E-state index in [1.807, 2.05) is 19.9 Å². The molecule has 4 N–H and O–H groups in total. The molecule has 0 spiro atoms. The molecule has 0 atom stereocenters. The van der Waals surface area contributed by atoms with Crippen molar-refractivity contribution < 1.29 is 93.7 Å². The Morgan fingerprint density at radius 1 is 0.655 bits per heavy atom. The fourth-order valence-electron chi connectivity index (χ4n) is 7.90. The number of aromatic nitrogens is 2. The van der Waals surface area contributed by atoms with Gasteiger partial charge >= 0.3 is 5.97 Å². The molecule has 3 amide bonds. The van der Waals surface area contributed by atoms with Gasteiger partial charge in [-0.3, -0.25) is 29.0 Å². The lowest BCUT2D eigenvalue weighted by Gasteiger charge is -2.33. The van der Waals surface area contributed by atoms with E-state index in [4.69, 9.17) is 57.9 Å². The van der Waals surface area contributed by atoms with Crippen LogP contribution in [0.2, 0.25) is 0 Å². The Morgan fingerprint density at radius 3 is 1.63 bits per heavy atom. The number of carbonyl (C=O) groups is 4. The number of piperidine rings is 1. The molecule has 84 heavy (non-hydrogen) atoms. The number of ether oxygens (including phenoxy) is 11. The molecule has 0 unspecified atom stereocenters. The highest BCUT2D eigenvalue weighted by Crippen LogP contribution is 2.29. The summed E-state index contributed by atoms with van der Waals surface area (Å²) in [5.41, 5.74) is 8.19. The van der Waals surface area contributed by atoms with Crippen molar-refractivity contribution in [1.82, 2.24) is 20.3 Å². The Bertz CT molecular complexity index is 2500. The van der Waals surface area contributed by atoms with Gasteiger partial charge in [-0.2, -0.15) is 8.78 Å². The number of nitrogens with zero attached hydrogens (tertiary/aromatic N) is 5. The fraction of sp³-hybridized carbons (Fsp3) is 0.589. The van der Waals surface area contributed by atoms with Crippen molar-refractivity contribution >= 4 is 52.8 Å². The molecule has 3 aromatic rings. The number of hydrogen-bond donors (Lipinski definition) is 3. The van der Waals surface area contributed by atoms with E-state index >= 15 is 0 Å². The van der Waals surface area contributed by atoms with Crippen molar-refractivity contribution in [2.24, 2.45) is 10.7 Å². The van der Waals surface area contributed by atoms with E-state index in [0.717, 1.165) is 25.1 Å². The third-order valence-corrected chi connectivity index (χ3v) is 12.1. The maximum Gasteiger partial charge on any atom is 0.313 e. The zero-order valence-electron chi connectivity index (χ0n) is 47.7. The summed E-state index contributed by atoms with van der Waals surface area (Å²) in [7, 11) is 0.